The van der Waals surface area contributed by atoms with Crippen LogP contribution in [0.3, 0.4) is 0 Å². The van der Waals surface area contributed by atoms with Gasteiger partial charge in [0, 0.05) is 31.4 Å². The lowest BCUT2D eigenvalue weighted by molar-refractivity contribution is -0.150. The molecule has 0 radical (unpaired) electrons. The summed E-state index contributed by atoms with van der Waals surface area (Å²) >= 11 is 0. The number of anilines is 1. The lowest BCUT2D eigenvalue weighted by Crippen LogP contribution is -2.47. The summed E-state index contributed by atoms with van der Waals surface area (Å²) in [7, 11) is 0. The quantitative estimate of drug-likeness (QED) is 0.674. The van der Waals surface area contributed by atoms with Gasteiger partial charge in [0.2, 0.25) is 11.9 Å². The van der Waals surface area contributed by atoms with Crippen LogP contribution in [0.2, 0.25) is 0 Å². The minimum Gasteiger partial charge on any atom is -0.459 e. The first-order valence-corrected chi connectivity index (χ1v) is 10.6. The number of carbonyl (C=O) groups is 2. The zero-order chi connectivity index (χ0) is 21.3. The van der Waals surface area contributed by atoms with Crippen LogP contribution in [0.15, 0.2) is 48.8 Å². The summed E-state index contributed by atoms with van der Waals surface area (Å²) in [5.41, 5.74) is 0.927. The molecule has 0 bridgehead atoms. The van der Waals surface area contributed by atoms with Gasteiger partial charge in [0.1, 0.15) is 12.6 Å². The largest absolute Gasteiger partial charge is 0.459 e. The zero-order valence-electron chi connectivity index (χ0n) is 17.7. The van der Waals surface area contributed by atoms with Crippen molar-refractivity contribution in [2.24, 2.45) is 11.8 Å². The van der Waals surface area contributed by atoms with E-state index in [1.165, 1.54) is 0 Å². The van der Waals surface area contributed by atoms with Crippen molar-refractivity contribution in [3.8, 4) is 0 Å². The molecule has 160 valence electrons. The fourth-order valence-corrected chi connectivity index (χ4v) is 3.60. The molecule has 2 aromatic rings. The number of nitrogens with one attached hydrogen (secondary N) is 1. The van der Waals surface area contributed by atoms with Gasteiger partial charge in [-0.15, -0.1) is 0 Å². The summed E-state index contributed by atoms with van der Waals surface area (Å²) in [6.07, 6.45) is 5.41. The summed E-state index contributed by atoms with van der Waals surface area (Å²) in [5, 5.41) is 2.95. The van der Waals surface area contributed by atoms with Gasteiger partial charge in [-0.3, -0.25) is 4.79 Å². The van der Waals surface area contributed by atoms with Gasteiger partial charge in [0.05, 0.1) is 0 Å². The first-order chi connectivity index (χ1) is 14.5. The smallest absolute Gasteiger partial charge is 0.328 e. The normalized spacial score (nSPS) is 15.6. The third kappa shape index (κ3) is 6.27. The Bertz CT molecular complexity index is 806. The number of aromatic nitrogens is 2. The van der Waals surface area contributed by atoms with Crippen LogP contribution < -0.4 is 10.2 Å². The molecule has 1 amide bonds. The minimum atomic E-state index is -0.628. The van der Waals surface area contributed by atoms with E-state index in [0.29, 0.717) is 25.2 Å². The highest BCUT2D eigenvalue weighted by molar-refractivity contribution is 5.86. The molecule has 1 atom stereocenters. The van der Waals surface area contributed by atoms with Gasteiger partial charge in [0.15, 0.2) is 0 Å². The van der Waals surface area contributed by atoms with Crippen molar-refractivity contribution in [3.63, 3.8) is 0 Å². The molecule has 7 heteroatoms. The zero-order valence-corrected chi connectivity index (χ0v) is 17.7. The molecule has 0 aliphatic carbocycles. The lowest BCUT2D eigenvalue weighted by Gasteiger charge is -2.32. The molecular weight excluding hydrogens is 380 g/mol. The van der Waals surface area contributed by atoms with E-state index in [-0.39, 0.29) is 30.3 Å². The van der Waals surface area contributed by atoms with Crippen LogP contribution in [-0.2, 0) is 20.9 Å². The highest BCUT2D eigenvalue weighted by Gasteiger charge is 2.30. The Labute approximate surface area is 177 Å². The van der Waals surface area contributed by atoms with Crippen molar-refractivity contribution < 1.29 is 14.3 Å². The van der Waals surface area contributed by atoms with E-state index in [1.54, 1.807) is 18.5 Å². The number of amides is 1. The molecule has 0 saturated carbocycles. The fraction of sp³-hybridized carbons (Fsp3) is 0.478. The number of carbonyl (C=O) groups excluding carboxylic acids is 2. The number of esters is 1. The second-order valence-corrected chi connectivity index (χ2v) is 8.09. The summed E-state index contributed by atoms with van der Waals surface area (Å²) in [6, 6.07) is 10.7. The van der Waals surface area contributed by atoms with E-state index in [2.05, 4.69) is 20.2 Å². The molecule has 0 spiro atoms. The number of hydrogen-bond donors (Lipinski definition) is 1. The number of piperidine rings is 1. The molecule has 1 saturated heterocycles. The van der Waals surface area contributed by atoms with E-state index in [1.807, 2.05) is 44.2 Å². The van der Waals surface area contributed by atoms with Gasteiger partial charge in [-0.2, -0.15) is 0 Å². The number of hydrogen-bond acceptors (Lipinski definition) is 6. The molecule has 2 heterocycles. The fourth-order valence-electron chi connectivity index (χ4n) is 3.60. The van der Waals surface area contributed by atoms with Gasteiger partial charge in [-0.1, -0.05) is 44.2 Å². The summed E-state index contributed by atoms with van der Waals surface area (Å²) in [5.74, 6) is 0.374. The SMILES string of the molecule is CC(C)C[C@H](NC(=O)C1CCN(c2ncccn2)CC1)C(=O)OCc1ccccc1. The van der Waals surface area contributed by atoms with Crippen LogP contribution >= 0.6 is 0 Å². The number of rotatable bonds is 8. The van der Waals surface area contributed by atoms with Crippen LogP contribution in [0.25, 0.3) is 0 Å². The third-order valence-corrected chi connectivity index (χ3v) is 5.23. The molecule has 30 heavy (non-hydrogen) atoms. The topological polar surface area (TPSA) is 84.4 Å². The highest BCUT2D eigenvalue weighted by Crippen LogP contribution is 2.21. The van der Waals surface area contributed by atoms with Crippen LogP contribution in [0.1, 0.15) is 38.7 Å². The second kappa shape index (κ2) is 10.7. The number of benzene rings is 1. The Hall–Kier alpha value is -2.96. The van der Waals surface area contributed by atoms with Crippen molar-refractivity contribution in [2.45, 2.75) is 45.8 Å². The predicted molar refractivity (Wildman–Crippen MR) is 115 cm³/mol. The van der Waals surface area contributed by atoms with Crippen molar-refractivity contribution in [3.05, 3.63) is 54.4 Å². The number of ether oxygens (including phenoxy) is 1. The van der Waals surface area contributed by atoms with Gasteiger partial charge < -0.3 is 15.0 Å². The Morgan fingerprint density at radius 3 is 2.40 bits per heavy atom. The van der Waals surface area contributed by atoms with E-state index in [4.69, 9.17) is 4.74 Å². The molecule has 1 aromatic carbocycles. The molecule has 0 unspecified atom stereocenters. The Morgan fingerprint density at radius 1 is 1.10 bits per heavy atom. The maximum Gasteiger partial charge on any atom is 0.328 e. The standard InChI is InChI=1S/C23H30N4O3/c1-17(2)15-20(22(29)30-16-18-7-4-3-5-8-18)26-21(28)19-9-13-27(14-10-19)23-24-11-6-12-25-23/h3-8,11-12,17,19-20H,9-10,13-16H2,1-2H3,(H,26,28)/t20-/m0/s1. The number of nitrogens with zero attached hydrogens (tertiary/aromatic N) is 3. The monoisotopic (exact) mass is 410 g/mol. The Balaban J connectivity index is 1.52. The Kier molecular flexibility index (Phi) is 7.76. The molecule has 7 nitrogen and oxygen atoms in total. The van der Waals surface area contributed by atoms with Gasteiger partial charge >= 0.3 is 5.97 Å². The maximum absolute atomic E-state index is 12.8. The van der Waals surface area contributed by atoms with Crippen LogP contribution in [0, 0.1) is 11.8 Å². The van der Waals surface area contributed by atoms with E-state index in [9.17, 15) is 9.59 Å². The third-order valence-electron chi connectivity index (χ3n) is 5.23. The molecule has 1 aliphatic heterocycles. The van der Waals surface area contributed by atoms with Crippen molar-refractivity contribution >= 4 is 17.8 Å². The second-order valence-electron chi connectivity index (χ2n) is 8.09. The summed E-state index contributed by atoms with van der Waals surface area (Å²) in [6.45, 7) is 5.70. The molecular formula is C23H30N4O3. The minimum absolute atomic E-state index is 0.0778. The van der Waals surface area contributed by atoms with Crippen LogP contribution in [-0.4, -0.2) is 41.0 Å². The average Bonchev–Trinajstić information content (AvgIpc) is 2.78. The van der Waals surface area contributed by atoms with E-state index >= 15 is 0 Å². The van der Waals surface area contributed by atoms with Crippen molar-refractivity contribution in [1.29, 1.82) is 0 Å². The summed E-state index contributed by atoms with van der Waals surface area (Å²) < 4.78 is 5.48. The predicted octanol–water partition coefficient (Wildman–Crippen LogP) is 2.97. The molecule has 3 rings (SSSR count). The maximum atomic E-state index is 12.8. The highest BCUT2D eigenvalue weighted by atomic mass is 16.5. The summed E-state index contributed by atoms with van der Waals surface area (Å²) in [4.78, 5) is 36.1. The Morgan fingerprint density at radius 2 is 1.77 bits per heavy atom. The molecule has 1 N–H and O–H groups in total. The van der Waals surface area contributed by atoms with Crippen LogP contribution in [0.4, 0.5) is 5.95 Å². The van der Waals surface area contributed by atoms with Crippen molar-refractivity contribution in [1.82, 2.24) is 15.3 Å². The van der Waals surface area contributed by atoms with Gasteiger partial charge in [-0.25, -0.2) is 14.8 Å². The van der Waals surface area contributed by atoms with Crippen LogP contribution in [0.5, 0.6) is 0 Å². The van der Waals surface area contributed by atoms with Crippen molar-refractivity contribution in [2.75, 3.05) is 18.0 Å². The molecule has 1 aromatic heterocycles. The van der Waals surface area contributed by atoms with Gasteiger partial charge in [0.25, 0.3) is 0 Å². The first kappa shape index (κ1) is 21.7. The first-order valence-electron chi connectivity index (χ1n) is 10.6. The van der Waals surface area contributed by atoms with E-state index in [0.717, 1.165) is 18.7 Å². The lowest BCUT2D eigenvalue weighted by atomic mass is 9.95. The van der Waals surface area contributed by atoms with E-state index < -0.39 is 6.04 Å². The van der Waals surface area contributed by atoms with Gasteiger partial charge in [-0.05, 0) is 36.8 Å². The average molecular weight is 411 g/mol. The molecule has 1 fully saturated rings. The molecule has 1 aliphatic rings.